The minimum absolute atomic E-state index is 0.443. The lowest BCUT2D eigenvalue weighted by molar-refractivity contribution is 0.599. The standard InChI is InChI=1S/C12H7BrClNO/c1-3-4-5-8-10(13)11-12(16-8)7(2)6-9(14)15-11/h1,4-6H,2H3/b5-4-. The van der Waals surface area contributed by atoms with Crippen LogP contribution in [0.15, 0.2) is 21.0 Å². The van der Waals surface area contributed by atoms with Crippen molar-refractivity contribution in [1.29, 1.82) is 0 Å². The lowest BCUT2D eigenvalue weighted by atomic mass is 10.2. The molecule has 0 saturated heterocycles. The zero-order chi connectivity index (χ0) is 11.7. The van der Waals surface area contributed by atoms with E-state index in [2.05, 4.69) is 26.8 Å². The molecule has 2 nitrogen and oxygen atoms in total. The van der Waals surface area contributed by atoms with Crippen molar-refractivity contribution in [3.05, 3.63) is 33.1 Å². The van der Waals surface area contributed by atoms with Crippen LogP contribution in [0.4, 0.5) is 0 Å². The van der Waals surface area contributed by atoms with Crippen molar-refractivity contribution >= 4 is 44.7 Å². The predicted octanol–water partition coefficient (Wildman–Crippen LogP) is 4.20. The number of hydrogen-bond acceptors (Lipinski definition) is 2. The van der Waals surface area contributed by atoms with Crippen molar-refractivity contribution in [2.24, 2.45) is 0 Å². The largest absolute Gasteiger partial charge is 0.453 e. The van der Waals surface area contributed by atoms with Gasteiger partial charge < -0.3 is 4.42 Å². The average Bonchev–Trinajstić information content (AvgIpc) is 2.54. The van der Waals surface area contributed by atoms with E-state index in [1.165, 1.54) is 0 Å². The van der Waals surface area contributed by atoms with E-state index in [0.717, 1.165) is 10.0 Å². The highest BCUT2D eigenvalue weighted by Gasteiger charge is 2.13. The van der Waals surface area contributed by atoms with Gasteiger partial charge in [0, 0.05) is 0 Å². The van der Waals surface area contributed by atoms with Gasteiger partial charge in [-0.3, -0.25) is 0 Å². The molecule has 16 heavy (non-hydrogen) atoms. The molecule has 4 heteroatoms. The summed E-state index contributed by atoms with van der Waals surface area (Å²) in [5.74, 6) is 3.05. The van der Waals surface area contributed by atoms with Crippen LogP contribution < -0.4 is 0 Å². The molecule has 0 aliphatic heterocycles. The molecule has 0 amide bonds. The quantitative estimate of drug-likeness (QED) is 0.582. The van der Waals surface area contributed by atoms with Gasteiger partial charge in [-0.15, -0.1) is 6.42 Å². The van der Waals surface area contributed by atoms with Crippen LogP contribution in [0.5, 0.6) is 0 Å². The maximum absolute atomic E-state index is 5.89. The van der Waals surface area contributed by atoms with Crippen LogP contribution in [-0.4, -0.2) is 4.98 Å². The van der Waals surface area contributed by atoms with Crippen molar-refractivity contribution in [2.75, 3.05) is 0 Å². The highest BCUT2D eigenvalue weighted by atomic mass is 79.9. The van der Waals surface area contributed by atoms with E-state index in [4.69, 9.17) is 22.4 Å². The van der Waals surface area contributed by atoms with Gasteiger partial charge in [-0.05, 0) is 46.6 Å². The number of aryl methyl sites for hydroxylation is 1. The van der Waals surface area contributed by atoms with Gasteiger partial charge in [-0.25, -0.2) is 4.98 Å². The summed E-state index contributed by atoms with van der Waals surface area (Å²) in [5.41, 5.74) is 2.37. The van der Waals surface area contributed by atoms with Gasteiger partial charge in [0.05, 0.1) is 4.47 Å². The Morgan fingerprint density at radius 3 is 3.06 bits per heavy atom. The maximum atomic E-state index is 5.89. The van der Waals surface area contributed by atoms with Crippen LogP contribution in [0, 0.1) is 19.3 Å². The van der Waals surface area contributed by atoms with Gasteiger partial charge in [-0.2, -0.15) is 0 Å². The van der Waals surface area contributed by atoms with Crippen molar-refractivity contribution in [1.82, 2.24) is 4.98 Å². The first kappa shape index (κ1) is 11.3. The molecule has 0 aliphatic carbocycles. The first-order chi connectivity index (χ1) is 7.63. The van der Waals surface area contributed by atoms with Crippen LogP contribution in [0.1, 0.15) is 11.3 Å². The third kappa shape index (κ3) is 1.87. The molecule has 0 fully saturated rings. The molecule has 0 aromatic carbocycles. The summed E-state index contributed by atoms with van der Waals surface area (Å²) in [6, 6.07) is 1.76. The zero-order valence-electron chi connectivity index (χ0n) is 8.42. The van der Waals surface area contributed by atoms with E-state index in [1.807, 2.05) is 6.92 Å². The van der Waals surface area contributed by atoms with E-state index < -0.39 is 0 Å². The smallest absolute Gasteiger partial charge is 0.157 e. The first-order valence-corrected chi connectivity index (χ1v) is 5.68. The summed E-state index contributed by atoms with van der Waals surface area (Å²) in [5, 5.41) is 0.443. The summed E-state index contributed by atoms with van der Waals surface area (Å²) in [7, 11) is 0. The molecule has 80 valence electrons. The molecular formula is C12H7BrClNO. The van der Waals surface area contributed by atoms with E-state index >= 15 is 0 Å². The number of pyridine rings is 1. The molecule has 2 heterocycles. The van der Waals surface area contributed by atoms with Gasteiger partial charge in [0.25, 0.3) is 0 Å². The van der Waals surface area contributed by atoms with Crippen molar-refractivity contribution < 1.29 is 4.42 Å². The van der Waals surface area contributed by atoms with Crippen LogP contribution in [0.25, 0.3) is 17.2 Å². The lowest BCUT2D eigenvalue weighted by Gasteiger charge is -1.94. The minimum atomic E-state index is 0.443. The molecule has 2 aromatic rings. The number of allylic oxidation sites excluding steroid dienone is 1. The van der Waals surface area contributed by atoms with Crippen molar-refractivity contribution in [3.8, 4) is 12.3 Å². The summed E-state index contributed by atoms with van der Waals surface area (Å²) in [4.78, 5) is 4.20. The molecule has 0 bridgehead atoms. The molecule has 2 aromatic heterocycles. The Hall–Kier alpha value is -1.24. The van der Waals surface area contributed by atoms with Crippen molar-refractivity contribution in [2.45, 2.75) is 6.92 Å². The summed E-state index contributed by atoms with van der Waals surface area (Å²) in [6.07, 6.45) is 8.42. The Bertz CT molecular complexity index is 622. The van der Waals surface area contributed by atoms with E-state index in [1.54, 1.807) is 18.2 Å². The predicted molar refractivity (Wildman–Crippen MR) is 69.3 cm³/mol. The SMILES string of the molecule is C#C/C=C\c1oc2c(C)cc(Cl)nc2c1Br. The zero-order valence-corrected chi connectivity index (χ0v) is 10.8. The monoisotopic (exact) mass is 295 g/mol. The lowest BCUT2D eigenvalue weighted by Crippen LogP contribution is -1.80. The van der Waals surface area contributed by atoms with Crippen LogP contribution in [0.3, 0.4) is 0 Å². The normalized spacial score (nSPS) is 11.1. The number of halogens is 2. The second-order valence-corrected chi connectivity index (χ2v) is 4.40. The Balaban J connectivity index is 2.74. The fourth-order valence-electron chi connectivity index (χ4n) is 1.40. The van der Waals surface area contributed by atoms with Gasteiger partial charge in [0.15, 0.2) is 5.58 Å². The first-order valence-electron chi connectivity index (χ1n) is 4.51. The highest BCUT2D eigenvalue weighted by Crippen LogP contribution is 2.33. The van der Waals surface area contributed by atoms with Crippen LogP contribution in [-0.2, 0) is 0 Å². The number of hydrogen-bond donors (Lipinski definition) is 0. The number of terminal acetylenes is 1. The Morgan fingerprint density at radius 2 is 2.38 bits per heavy atom. The summed E-state index contributed by atoms with van der Waals surface area (Å²) in [6.45, 7) is 1.92. The van der Waals surface area contributed by atoms with Crippen LogP contribution in [0.2, 0.25) is 5.15 Å². The highest BCUT2D eigenvalue weighted by molar-refractivity contribution is 9.10. The van der Waals surface area contributed by atoms with Crippen LogP contribution >= 0.6 is 27.5 Å². The summed E-state index contributed by atoms with van der Waals surface area (Å²) >= 11 is 9.30. The van der Waals surface area contributed by atoms with Crippen molar-refractivity contribution in [3.63, 3.8) is 0 Å². The number of aromatic nitrogens is 1. The molecule has 0 aliphatic rings. The number of nitrogens with zero attached hydrogens (tertiary/aromatic N) is 1. The number of furan rings is 1. The van der Waals surface area contributed by atoms with Gasteiger partial charge in [0.1, 0.15) is 16.4 Å². The Kier molecular flexibility index (Phi) is 3.04. The van der Waals surface area contributed by atoms with E-state index in [0.29, 0.717) is 22.0 Å². The minimum Gasteiger partial charge on any atom is -0.453 e. The maximum Gasteiger partial charge on any atom is 0.157 e. The molecule has 0 unspecified atom stereocenters. The fraction of sp³-hybridized carbons (Fsp3) is 0.0833. The second-order valence-electron chi connectivity index (χ2n) is 3.22. The van der Waals surface area contributed by atoms with Gasteiger partial charge in [0.2, 0.25) is 0 Å². The molecule has 0 N–H and O–H groups in total. The topological polar surface area (TPSA) is 26.0 Å². The Labute approximate surface area is 106 Å². The molecule has 0 radical (unpaired) electrons. The summed E-state index contributed by atoms with van der Waals surface area (Å²) < 4.78 is 6.40. The fourth-order valence-corrected chi connectivity index (χ4v) is 2.13. The molecular weight excluding hydrogens is 289 g/mol. The average molecular weight is 297 g/mol. The molecule has 0 saturated carbocycles. The molecule has 0 spiro atoms. The second kappa shape index (κ2) is 4.32. The Morgan fingerprint density at radius 1 is 1.62 bits per heavy atom. The third-order valence-electron chi connectivity index (χ3n) is 2.09. The number of rotatable bonds is 1. The van der Waals surface area contributed by atoms with Gasteiger partial charge in [-0.1, -0.05) is 17.5 Å². The van der Waals surface area contributed by atoms with Gasteiger partial charge >= 0.3 is 0 Å². The molecule has 2 rings (SSSR count). The number of fused-ring (bicyclic) bond motifs is 1. The third-order valence-corrected chi connectivity index (χ3v) is 3.05. The van der Waals surface area contributed by atoms with E-state index in [-0.39, 0.29) is 0 Å². The van der Waals surface area contributed by atoms with E-state index in [9.17, 15) is 0 Å². The molecule has 0 atom stereocenters.